The Bertz CT molecular complexity index is 1450. The quantitative estimate of drug-likeness (QED) is 0.290. The number of amidine groups is 1. The number of hydrogen-bond donors (Lipinski definition) is 0. The molecule has 3 aromatic carbocycles. The Kier molecular flexibility index (Phi) is 8.19. The van der Waals surface area contributed by atoms with Crippen LogP contribution in [0.4, 0.5) is 0 Å². The molecule has 0 spiro atoms. The number of hydrogen-bond acceptors (Lipinski definition) is 6. The average Bonchev–Trinajstić information content (AvgIpc) is 3.36. The highest BCUT2D eigenvalue weighted by Gasteiger charge is 2.42. The Hall–Kier alpha value is -3.81. The number of aliphatic imine (C=N–C) groups is 1. The number of ether oxygens (including phenoxy) is 1. The lowest BCUT2D eigenvalue weighted by Crippen LogP contribution is -2.38. The van der Waals surface area contributed by atoms with Crippen LogP contribution in [-0.4, -0.2) is 40.5 Å². The first-order chi connectivity index (χ1) is 19.0. The molecule has 0 saturated carbocycles. The maximum absolute atomic E-state index is 13.6. The normalized spacial score (nSPS) is 16.4. The Balaban J connectivity index is 1.54. The topological polar surface area (TPSA) is 62.2 Å². The summed E-state index contributed by atoms with van der Waals surface area (Å²) in [5.41, 5.74) is 4.49. The molecule has 0 bridgehead atoms. The van der Waals surface area contributed by atoms with Crippen molar-refractivity contribution < 1.29 is 14.3 Å². The second-order valence-corrected chi connectivity index (χ2v) is 10.5. The summed E-state index contributed by atoms with van der Waals surface area (Å²) in [6, 6.07) is 26.4. The number of nitrogens with zero attached hydrogens (tertiary/aromatic N) is 3. The van der Waals surface area contributed by atoms with Gasteiger partial charge < -0.3 is 14.5 Å². The molecule has 0 fully saturated rings. The monoisotopic (exact) mass is 557 g/mol. The molecule has 5 rings (SSSR count). The molecule has 0 radical (unpaired) electrons. The van der Waals surface area contributed by atoms with Crippen LogP contribution in [0.2, 0.25) is 5.02 Å². The van der Waals surface area contributed by atoms with Crippen molar-refractivity contribution >= 4 is 46.1 Å². The van der Waals surface area contributed by atoms with Gasteiger partial charge in [0, 0.05) is 29.9 Å². The zero-order chi connectivity index (χ0) is 27.4. The molecular formula is C31H28ClN3O3S. The van der Waals surface area contributed by atoms with Crippen molar-refractivity contribution in [1.82, 2.24) is 9.80 Å². The summed E-state index contributed by atoms with van der Waals surface area (Å²) in [7, 11) is 1.80. The van der Waals surface area contributed by atoms with Crippen molar-refractivity contribution in [3.8, 4) is 0 Å². The summed E-state index contributed by atoms with van der Waals surface area (Å²) in [5, 5.41) is 3.25. The van der Waals surface area contributed by atoms with Crippen molar-refractivity contribution in [3.05, 3.63) is 123 Å². The third-order valence-corrected chi connectivity index (χ3v) is 7.70. The lowest BCUT2D eigenvalue weighted by atomic mass is 9.91. The van der Waals surface area contributed by atoms with Gasteiger partial charge in [0.2, 0.25) is 5.91 Å². The Morgan fingerprint density at radius 2 is 1.67 bits per heavy atom. The van der Waals surface area contributed by atoms with Gasteiger partial charge in [-0.25, -0.2) is 9.79 Å². The van der Waals surface area contributed by atoms with Gasteiger partial charge in [-0.2, -0.15) is 0 Å². The van der Waals surface area contributed by atoms with E-state index in [1.165, 1.54) is 11.8 Å². The molecule has 3 aromatic rings. The standard InChI is InChI=1S/C31H28ClN3O3S/c1-3-38-30(37)27-28(22-12-8-5-9-13-22)33-31-35(29(27)23-14-16-24(32)17-15-23)25(20-39-31)18-26(36)34(2)19-21-10-6-4-7-11-21/h4-17,20,29H,3,18-19H2,1-2H3/t29-/m0/s1. The van der Waals surface area contributed by atoms with Crippen molar-refractivity contribution in [1.29, 1.82) is 0 Å². The van der Waals surface area contributed by atoms with Crippen LogP contribution in [0.15, 0.2) is 107 Å². The Labute approximate surface area is 237 Å². The summed E-state index contributed by atoms with van der Waals surface area (Å²) in [6.45, 7) is 2.52. The largest absolute Gasteiger partial charge is 0.463 e. The minimum absolute atomic E-state index is 0.0303. The van der Waals surface area contributed by atoms with Gasteiger partial charge in [-0.1, -0.05) is 96.2 Å². The van der Waals surface area contributed by atoms with Crippen LogP contribution >= 0.6 is 23.4 Å². The summed E-state index contributed by atoms with van der Waals surface area (Å²) >= 11 is 7.68. The molecule has 0 aliphatic carbocycles. The van der Waals surface area contributed by atoms with Crippen LogP contribution in [0.3, 0.4) is 0 Å². The highest BCUT2D eigenvalue weighted by Crippen LogP contribution is 2.47. The highest BCUT2D eigenvalue weighted by atomic mass is 35.5. The minimum atomic E-state index is -0.544. The van der Waals surface area contributed by atoms with Gasteiger partial charge in [0.1, 0.15) is 0 Å². The maximum atomic E-state index is 13.6. The SMILES string of the molecule is CCOC(=O)C1=C(c2ccccc2)N=C2SC=C(CC(=O)N(C)Cc3ccccc3)N2[C@H]1c1ccc(Cl)cc1. The summed E-state index contributed by atoms with van der Waals surface area (Å²) in [4.78, 5) is 35.6. The number of rotatable bonds is 8. The predicted molar refractivity (Wildman–Crippen MR) is 157 cm³/mol. The van der Waals surface area contributed by atoms with Crippen molar-refractivity contribution in [3.63, 3.8) is 0 Å². The molecule has 1 atom stereocenters. The lowest BCUT2D eigenvalue weighted by Gasteiger charge is -2.37. The number of benzene rings is 3. The number of halogens is 1. The lowest BCUT2D eigenvalue weighted by molar-refractivity contribution is -0.139. The first kappa shape index (κ1) is 26.8. The predicted octanol–water partition coefficient (Wildman–Crippen LogP) is 6.66. The fraction of sp³-hybridized carbons (Fsp3) is 0.194. The second-order valence-electron chi connectivity index (χ2n) is 9.21. The molecule has 1 amide bonds. The van der Waals surface area contributed by atoms with Gasteiger partial charge in [0.15, 0.2) is 5.17 Å². The molecular weight excluding hydrogens is 530 g/mol. The minimum Gasteiger partial charge on any atom is -0.463 e. The molecule has 0 saturated heterocycles. The summed E-state index contributed by atoms with van der Waals surface area (Å²) in [6.07, 6.45) is 0.163. The van der Waals surface area contributed by atoms with E-state index >= 15 is 0 Å². The van der Waals surface area contributed by atoms with Crippen LogP contribution in [0.5, 0.6) is 0 Å². The zero-order valence-electron chi connectivity index (χ0n) is 21.7. The number of fused-ring (bicyclic) bond motifs is 1. The smallest absolute Gasteiger partial charge is 0.338 e. The van der Waals surface area contributed by atoms with Crippen LogP contribution in [0.25, 0.3) is 5.70 Å². The third-order valence-electron chi connectivity index (χ3n) is 6.56. The van der Waals surface area contributed by atoms with Gasteiger partial charge in [-0.05, 0) is 35.6 Å². The molecule has 0 aromatic heterocycles. The summed E-state index contributed by atoms with van der Waals surface area (Å²) in [5.74, 6) is -0.472. The van der Waals surface area contributed by atoms with Crippen molar-refractivity contribution in [2.45, 2.75) is 25.9 Å². The van der Waals surface area contributed by atoms with E-state index in [0.29, 0.717) is 28.0 Å². The second kappa shape index (κ2) is 11.9. The fourth-order valence-electron chi connectivity index (χ4n) is 4.68. The Morgan fingerprint density at radius 3 is 2.33 bits per heavy atom. The van der Waals surface area contributed by atoms with Crippen LogP contribution in [0, 0.1) is 0 Å². The van der Waals surface area contributed by atoms with E-state index in [1.807, 2.05) is 83.1 Å². The number of amides is 1. The van der Waals surface area contributed by atoms with E-state index in [9.17, 15) is 9.59 Å². The molecule has 2 heterocycles. The highest BCUT2D eigenvalue weighted by molar-refractivity contribution is 8.16. The molecule has 0 unspecified atom stereocenters. The fourth-order valence-corrected chi connectivity index (χ4v) is 5.73. The molecule has 2 aliphatic rings. The van der Waals surface area contributed by atoms with E-state index in [0.717, 1.165) is 22.4 Å². The van der Waals surface area contributed by atoms with Crippen LogP contribution in [0.1, 0.15) is 36.1 Å². The van der Waals surface area contributed by atoms with E-state index < -0.39 is 12.0 Å². The van der Waals surface area contributed by atoms with Gasteiger partial charge in [-0.3, -0.25) is 4.79 Å². The van der Waals surface area contributed by atoms with E-state index in [1.54, 1.807) is 31.0 Å². The van der Waals surface area contributed by atoms with Gasteiger partial charge >= 0.3 is 5.97 Å². The number of esters is 1. The van der Waals surface area contributed by atoms with Gasteiger partial charge in [-0.15, -0.1) is 0 Å². The number of thioether (sulfide) groups is 1. The molecule has 39 heavy (non-hydrogen) atoms. The molecule has 6 nitrogen and oxygen atoms in total. The third kappa shape index (κ3) is 5.79. The first-order valence-corrected chi connectivity index (χ1v) is 14.0. The molecule has 2 aliphatic heterocycles. The average molecular weight is 558 g/mol. The Morgan fingerprint density at radius 1 is 1.00 bits per heavy atom. The van der Waals surface area contributed by atoms with Crippen molar-refractivity contribution in [2.75, 3.05) is 13.7 Å². The molecule has 0 N–H and O–H groups in total. The van der Waals surface area contributed by atoms with Crippen LogP contribution < -0.4 is 0 Å². The van der Waals surface area contributed by atoms with Gasteiger partial charge in [0.25, 0.3) is 0 Å². The molecule has 198 valence electrons. The van der Waals surface area contributed by atoms with Gasteiger partial charge in [0.05, 0.1) is 30.3 Å². The van der Waals surface area contributed by atoms with Crippen molar-refractivity contribution in [2.24, 2.45) is 4.99 Å². The van der Waals surface area contributed by atoms with E-state index in [2.05, 4.69) is 0 Å². The zero-order valence-corrected chi connectivity index (χ0v) is 23.3. The summed E-state index contributed by atoms with van der Waals surface area (Å²) < 4.78 is 5.56. The number of carbonyl (C=O) groups is 2. The number of carbonyl (C=O) groups excluding carboxylic acids is 2. The maximum Gasteiger partial charge on any atom is 0.338 e. The van der Waals surface area contributed by atoms with E-state index in [-0.39, 0.29) is 18.9 Å². The van der Waals surface area contributed by atoms with E-state index in [4.69, 9.17) is 21.3 Å². The first-order valence-electron chi connectivity index (χ1n) is 12.7. The molecule has 8 heteroatoms. The van der Waals surface area contributed by atoms with Crippen LogP contribution in [-0.2, 0) is 20.9 Å².